The van der Waals surface area contributed by atoms with Crippen LogP contribution < -0.4 is 11.1 Å². The maximum absolute atomic E-state index is 13.4. The van der Waals surface area contributed by atoms with Crippen molar-refractivity contribution in [1.29, 1.82) is 0 Å². The summed E-state index contributed by atoms with van der Waals surface area (Å²) in [5, 5.41) is 23.9. The Morgan fingerprint density at radius 1 is 1.42 bits per heavy atom. The van der Waals surface area contributed by atoms with Gasteiger partial charge in [0.2, 0.25) is 0 Å². The second-order valence-corrected chi connectivity index (χ2v) is 4.70. The Morgan fingerprint density at radius 2 is 2.11 bits per heavy atom. The van der Waals surface area contributed by atoms with Gasteiger partial charge in [-0.1, -0.05) is 5.16 Å². The minimum atomic E-state index is -0.441. The van der Waals surface area contributed by atoms with Crippen molar-refractivity contribution in [1.82, 2.24) is 5.32 Å². The van der Waals surface area contributed by atoms with Crippen LogP contribution in [0.2, 0.25) is 0 Å². The van der Waals surface area contributed by atoms with Crippen LogP contribution in [0.25, 0.3) is 0 Å². The number of rotatable bonds is 6. The molecule has 0 aliphatic heterocycles. The largest absolute Gasteiger partial charge is 0.409 e. The zero-order valence-corrected chi connectivity index (χ0v) is 11.1. The molecule has 0 heterocycles. The predicted molar refractivity (Wildman–Crippen MR) is 71.5 cm³/mol. The molecule has 106 valence electrons. The number of benzene rings is 1. The van der Waals surface area contributed by atoms with Crippen molar-refractivity contribution in [3.8, 4) is 0 Å². The van der Waals surface area contributed by atoms with E-state index < -0.39 is 5.82 Å². The second kappa shape index (κ2) is 7.06. The molecule has 2 atom stereocenters. The van der Waals surface area contributed by atoms with Crippen LogP contribution in [-0.4, -0.2) is 28.3 Å². The first-order valence-electron chi connectivity index (χ1n) is 6.11. The van der Waals surface area contributed by atoms with Crippen LogP contribution in [0.5, 0.6) is 0 Å². The first-order valence-corrected chi connectivity index (χ1v) is 6.11. The molecule has 0 saturated heterocycles. The van der Waals surface area contributed by atoms with Gasteiger partial charge in [0.25, 0.3) is 0 Å². The molecule has 0 aliphatic carbocycles. The summed E-state index contributed by atoms with van der Waals surface area (Å²) in [5.74, 6) is -0.568. The van der Waals surface area contributed by atoms with Gasteiger partial charge in [-0.15, -0.1) is 0 Å². The van der Waals surface area contributed by atoms with Crippen molar-refractivity contribution >= 4 is 5.84 Å². The Labute approximate surface area is 111 Å². The standard InChI is InChI=1S/C13H20FN3O2/c1-8(3-9(2)18)16-7-10-4-11(13(15)17-19)6-12(14)5-10/h4-6,8-9,16,18-19H,3,7H2,1-2H3,(H2,15,17). The smallest absolute Gasteiger partial charge is 0.170 e. The Kier molecular flexibility index (Phi) is 5.72. The number of aliphatic hydroxyl groups excluding tert-OH is 1. The highest BCUT2D eigenvalue weighted by Gasteiger charge is 2.08. The summed E-state index contributed by atoms with van der Waals surface area (Å²) in [4.78, 5) is 0. The molecule has 0 radical (unpaired) electrons. The molecule has 0 fully saturated rings. The van der Waals surface area contributed by atoms with Gasteiger partial charge in [-0.05, 0) is 44.0 Å². The van der Waals surface area contributed by atoms with Crippen LogP contribution in [0.1, 0.15) is 31.4 Å². The first kappa shape index (κ1) is 15.4. The van der Waals surface area contributed by atoms with E-state index in [1.165, 1.54) is 12.1 Å². The Hall–Kier alpha value is -1.66. The Balaban J connectivity index is 2.71. The van der Waals surface area contributed by atoms with E-state index in [9.17, 15) is 9.50 Å². The topological polar surface area (TPSA) is 90.9 Å². The number of nitrogens with zero attached hydrogens (tertiary/aromatic N) is 1. The Bertz CT molecular complexity index is 450. The van der Waals surface area contributed by atoms with Gasteiger partial charge in [-0.3, -0.25) is 0 Å². The highest BCUT2D eigenvalue weighted by molar-refractivity contribution is 5.97. The lowest BCUT2D eigenvalue weighted by Gasteiger charge is -2.15. The van der Waals surface area contributed by atoms with E-state index >= 15 is 0 Å². The van der Waals surface area contributed by atoms with Crippen LogP contribution in [0.3, 0.4) is 0 Å². The number of hydrogen-bond acceptors (Lipinski definition) is 4. The van der Waals surface area contributed by atoms with Gasteiger partial charge >= 0.3 is 0 Å². The zero-order valence-electron chi connectivity index (χ0n) is 11.1. The summed E-state index contributed by atoms with van der Waals surface area (Å²) in [6.07, 6.45) is 0.227. The quantitative estimate of drug-likeness (QED) is 0.270. The number of amidine groups is 1. The van der Waals surface area contributed by atoms with E-state index in [4.69, 9.17) is 10.9 Å². The lowest BCUT2D eigenvalue weighted by Crippen LogP contribution is -2.28. The molecule has 0 spiro atoms. The average molecular weight is 269 g/mol. The van der Waals surface area contributed by atoms with Crippen molar-refractivity contribution in [2.45, 2.75) is 39.0 Å². The van der Waals surface area contributed by atoms with Crippen LogP contribution in [-0.2, 0) is 6.54 Å². The normalized spacial score (nSPS) is 15.3. The monoisotopic (exact) mass is 269 g/mol. The van der Waals surface area contributed by atoms with Crippen molar-refractivity contribution < 1.29 is 14.7 Å². The third-order valence-electron chi connectivity index (χ3n) is 2.71. The summed E-state index contributed by atoms with van der Waals surface area (Å²) < 4.78 is 13.4. The predicted octanol–water partition coefficient (Wildman–Crippen LogP) is 1.17. The molecule has 0 saturated carbocycles. The summed E-state index contributed by atoms with van der Waals surface area (Å²) in [6.45, 7) is 4.10. The van der Waals surface area contributed by atoms with E-state index in [1.807, 2.05) is 6.92 Å². The minimum absolute atomic E-state index is 0.107. The van der Waals surface area contributed by atoms with Crippen molar-refractivity contribution in [3.05, 3.63) is 35.1 Å². The molecule has 5 N–H and O–H groups in total. The van der Waals surface area contributed by atoms with Gasteiger partial charge in [0.1, 0.15) is 5.82 Å². The van der Waals surface area contributed by atoms with E-state index in [2.05, 4.69) is 10.5 Å². The lowest BCUT2D eigenvalue weighted by molar-refractivity contribution is 0.170. The number of nitrogens with two attached hydrogens (primary N) is 1. The molecule has 1 aromatic rings. The maximum atomic E-state index is 13.4. The summed E-state index contributed by atoms with van der Waals surface area (Å²) in [7, 11) is 0. The van der Waals surface area contributed by atoms with Crippen LogP contribution >= 0.6 is 0 Å². The van der Waals surface area contributed by atoms with Gasteiger partial charge in [0.05, 0.1) is 6.10 Å². The molecule has 0 amide bonds. The fraction of sp³-hybridized carbons (Fsp3) is 0.462. The lowest BCUT2D eigenvalue weighted by atomic mass is 10.1. The molecule has 2 unspecified atom stereocenters. The SMILES string of the molecule is CC(O)CC(C)NCc1cc(F)cc(/C(N)=N/O)c1. The average Bonchev–Trinajstić information content (AvgIpc) is 2.34. The summed E-state index contributed by atoms with van der Waals surface area (Å²) >= 11 is 0. The molecule has 0 aliphatic rings. The van der Waals surface area contributed by atoms with Crippen LogP contribution in [0.4, 0.5) is 4.39 Å². The Morgan fingerprint density at radius 3 is 2.68 bits per heavy atom. The molecule has 0 aromatic heterocycles. The highest BCUT2D eigenvalue weighted by atomic mass is 19.1. The van der Waals surface area contributed by atoms with Gasteiger partial charge in [-0.25, -0.2) is 4.39 Å². The number of nitrogens with one attached hydrogen (secondary N) is 1. The third-order valence-corrected chi connectivity index (χ3v) is 2.71. The molecule has 19 heavy (non-hydrogen) atoms. The van der Waals surface area contributed by atoms with Crippen LogP contribution in [0.15, 0.2) is 23.4 Å². The van der Waals surface area contributed by atoms with Gasteiger partial charge in [-0.2, -0.15) is 0 Å². The van der Waals surface area contributed by atoms with E-state index in [-0.39, 0.29) is 18.0 Å². The summed E-state index contributed by atoms with van der Waals surface area (Å²) in [5.41, 5.74) is 6.46. The molecular weight excluding hydrogens is 249 g/mol. The fourth-order valence-corrected chi connectivity index (χ4v) is 1.85. The molecular formula is C13H20FN3O2. The molecule has 0 bridgehead atoms. The van der Waals surface area contributed by atoms with Crippen molar-refractivity contribution in [3.63, 3.8) is 0 Å². The van der Waals surface area contributed by atoms with Crippen molar-refractivity contribution in [2.75, 3.05) is 0 Å². The summed E-state index contributed by atoms with van der Waals surface area (Å²) in [6, 6.07) is 4.35. The number of halogens is 1. The van der Waals surface area contributed by atoms with E-state index in [1.54, 1.807) is 13.0 Å². The third kappa shape index (κ3) is 5.23. The van der Waals surface area contributed by atoms with Crippen LogP contribution in [0, 0.1) is 5.82 Å². The molecule has 1 rings (SSSR count). The molecule has 5 nitrogen and oxygen atoms in total. The van der Waals surface area contributed by atoms with E-state index in [0.29, 0.717) is 24.1 Å². The van der Waals surface area contributed by atoms with Gasteiger partial charge < -0.3 is 21.4 Å². The zero-order chi connectivity index (χ0) is 14.4. The maximum Gasteiger partial charge on any atom is 0.170 e. The molecule has 6 heteroatoms. The number of hydrogen-bond donors (Lipinski definition) is 4. The minimum Gasteiger partial charge on any atom is -0.409 e. The number of aliphatic hydroxyl groups is 1. The fourth-order valence-electron chi connectivity index (χ4n) is 1.85. The second-order valence-electron chi connectivity index (χ2n) is 4.70. The van der Waals surface area contributed by atoms with E-state index in [0.717, 1.165) is 0 Å². The van der Waals surface area contributed by atoms with Crippen molar-refractivity contribution in [2.24, 2.45) is 10.9 Å². The molecule has 1 aromatic carbocycles. The highest BCUT2D eigenvalue weighted by Crippen LogP contribution is 2.10. The van der Waals surface area contributed by atoms with Gasteiger partial charge in [0.15, 0.2) is 5.84 Å². The first-order chi connectivity index (χ1) is 8.92. The van der Waals surface area contributed by atoms with Gasteiger partial charge in [0, 0.05) is 18.2 Å². The number of oxime groups is 1.